The molecule has 2 N–H and O–H groups in total. The molecule has 1 unspecified atom stereocenters. The molecule has 0 heterocycles. The summed E-state index contributed by atoms with van der Waals surface area (Å²) < 4.78 is 4.91. The molecule has 19 heavy (non-hydrogen) atoms. The smallest absolute Gasteiger partial charge is 0.345 e. The number of carbonyl (C=O) groups excluding carboxylic acids is 2. The molecule has 4 heteroatoms. The highest BCUT2D eigenvalue weighted by Gasteiger charge is 2.21. The van der Waals surface area contributed by atoms with Crippen molar-refractivity contribution in [3.8, 4) is 0 Å². The molecule has 1 atom stereocenters. The lowest BCUT2D eigenvalue weighted by Crippen LogP contribution is -2.21. The van der Waals surface area contributed by atoms with Gasteiger partial charge < -0.3 is 10.5 Å². The molecule has 0 fully saturated rings. The first-order valence-corrected chi connectivity index (χ1v) is 6.70. The lowest BCUT2D eigenvalue weighted by Gasteiger charge is -2.12. The summed E-state index contributed by atoms with van der Waals surface area (Å²) in [6.07, 6.45) is 3.44. The summed E-state index contributed by atoms with van der Waals surface area (Å²) in [6, 6.07) is 6.32. The standard InChI is InChI=1S/C15H21NO3/c1-3-5-6-11(4-2)14(17)19-15(18)12-7-9-13(16)10-8-12/h7-11H,3-6,16H2,1-2H3. The molecule has 0 aliphatic heterocycles. The zero-order chi connectivity index (χ0) is 14.3. The third-order valence-corrected chi connectivity index (χ3v) is 3.07. The Morgan fingerprint density at radius 3 is 2.37 bits per heavy atom. The van der Waals surface area contributed by atoms with E-state index < -0.39 is 11.9 Å². The van der Waals surface area contributed by atoms with Crippen molar-refractivity contribution in [2.24, 2.45) is 5.92 Å². The molecule has 1 aromatic carbocycles. The van der Waals surface area contributed by atoms with Crippen LogP contribution in [0.5, 0.6) is 0 Å². The van der Waals surface area contributed by atoms with E-state index >= 15 is 0 Å². The number of nitrogen functional groups attached to an aromatic ring is 1. The zero-order valence-electron chi connectivity index (χ0n) is 11.5. The lowest BCUT2D eigenvalue weighted by atomic mass is 10.00. The third kappa shape index (κ3) is 4.73. The summed E-state index contributed by atoms with van der Waals surface area (Å²) in [4.78, 5) is 23.6. The van der Waals surface area contributed by atoms with E-state index in [2.05, 4.69) is 6.92 Å². The van der Waals surface area contributed by atoms with Crippen LogP contribution >= 0.6 is 0 Å². The second kappa shape index (κ2) is 7.56. The molecule has 0 amide bonds. The Morgan fingerprint density at radius 2 is 1.84 bits per heavy atom. The van der Waals surface area contributed by atoms with Gasteiger partial charge in [-0.2, -0.15) is 0 Å². The number of hydrogen-bond acceptors (Lipinski definition) is 4. The number of nitrogens with two attached hydrogens (primary N) is 1. The molecule has 1 aromatic rings. The number of carbonyl (C=O) groups is 2. The highest BCUT2D eigenvalue weighted by Crippen LogP contribution is 2.16. The molecular formula is C15H21NO3. The molecule has 0 bridgehead atoms. The van der Waals surface area contributed by atoms with Gasteiger partial charge in [0.2, 0.25) is 0 Å². The van der Waals surface area contributed by atoms with Gasteiger partial charge in [-0.25, -0.2) is 4.79 Å². The molecule has 0 aliphatic carbocycles. The minimum absolute atomic E-state index is 0.197. The van der Waals surface area contributed by atoms with Crippen LogP contribution in [-0.2, 0) is 9.53 Å². The average molecular weight is 263 g/mol. The molecule has 1 rings (SSSR count). The summed E-state index contributed by atoms with van der Waals surface area (Å²) in [6.45, 7) is 3.99. The Hall–Kier alpha value is -1.84. The first-order chi connectivity index (χ1) is 9.08. The summed E-state index contributed by atoms with van der Waals surface area (Å²) in [5.41, 5.74) is 6.44. The number of anilines is 1. The molecule has 0 aromatic heterocycles. The fourth-order valence-corrected chi connectivity index (χ4v) is 1.79. The zero-order valence-corrected chi connectivity index (χ0v) is 11.5. The largest absolute Gasteiger partial charge is 0.399 e. The van der Waals surface area contributed by atoms with Crippen molar-refractivity contribution in [1.29, 1.82) is 0 Å². The second-order valence-corrected chi connectivity index (χ2v) is 4.58. The fourth-order valence-electron chi connectivity index (χ4n) is 1.79. The van der Waals surface area contributed by atoms with Crippen LogP contribution in [0.15, 0.2) is 24.3 Å². The van der Waals surface area contributed by atoms with Crippen molar-refractivity contribution in [2.45, 2.75) is 39.5 Å². The van der Waals surface area contributed by atoms with Gasteiger partial charge in [-0.3, -0.25) is 4.79 Å². The Balaban J connectivity index is 2.59. The SMILES string of the molecule is CCCCC(CC)C(=O)OC(=O)c1ccc(N)cc1. The van der Waals surface area contributed by atoms with Gasteiger partial charge in [0.15, 0.2) is 0 Å². The van der Waals surface area contributed by atoms with E-state index in [9.17, 15) is 9.59 Å². The highest BCUT2D eigenvalue weighted by molar-refractivity contribution is 5.97. The van der Waals surface area contributed by atoms with E-state index in [-0.39, 0.29) is 5.92 Å². The van der Waals surface area contributed by atoms with E-state index in [0.29, 0.717) is 17.7 Å². The molecule has 0 saturated carbocycles. The normalized spacial score (nSPS) is 11.9. The first kappa shape index (κ1) is 15.2. The van der Waals surface area contributed by atoms with Crippen LogP contribution in [0.4, 0.5) is 5.69 Å². The van der Waals surface area contributed by atoms with Crippen LogP contribution in [0.25, 0.3) is 0 Å². The number of rotatable bonds is 6. The summed E-state index contributed by atoms with van der Waals surface area (Å²) in [5, 5.41) is 0. The van der Waals surface area contributed by atoms with Gasteiger partial charge in [0.25, 0.3) is 0 Å². The Morgan fingerprint density at radius 1 is 1.21 bits per heavy atom. The Labute approximate surface area is 113 Å². The molecular weight excluding hydrogens is 242 g/mol. The number of ether oxygens (including phenoxy) is 1. The Kier molecular flexibility index (Phi) is 6.06. The predicted molar refractivity (Wildman–Crippen MR) is 74.6 cm³/mol. The molecule has 0 spiro atoms. The molecule has 0 saturated heterocycles. The highest BCUT2D eigenvalue weighted by atomic mass is 16.6. The monoisotopic (exact) mass is 263 g/mol. The van der Waals surface area contributed by atoms with Gasteiger partial charge >= 0.3 is 11.9 Å². The van der Waals surface area contributed by atoms with Crippen LogP contribution in [0.2, 0.25) is 0 Å². The van der Waals surface area contributed by atoms with E-state index in [1.54, 1.807) is 24.3 Å². The summed E-state index contributed by atoms with van der Waals surface area (Å²) >= 11 is 0. The number of unbranched alkanes of at least 4 members (excludes halogenated alkanes) is 1. The van der Waals surface area contributed by atoms with Gasteiger partial charge in [-0.05, 0) is 37.1 Å². The van der Waals surface area contributed by atoms with Crippen molar-refractivity contribution < 1.29 is 14.3 Å². The maximum Gasteiger partial charge on any atom is 0.345 e. The van der Waals surface area contributed by atoms with Crippen molar-refractivity contribution in [3.63, 3.8) is 0 Å². The van der Waals surface area contributed by atoms with Crippen molar-refractivity contribution in [1.82, 2.24) is 0 Å². The maximum absolute atomic E-state index is 11.9. The lowest BCUT2D eigenvalue weighted by molar-refractivity contribution is -0.143. The minimum Gasteiger partial charge on any atom is -0.399 e. The predicted octanol–water partition coefficient (Wildman–Crippen LogP) is 3.17. The van der Waals surface area contributed by atoms with Crippen LogP contribution in [0, 0.1) is 5.92 Å². The third-order valence-electron chi connectivity index (χ3n) is 3.07. The van der Waals surface area contributed by atoms with Crippen molar-refractivity contribution >= 4 is 17.6 Å². The number of hydrogen-bond donors (Lipinski definition) is 1. The van der Waals surface area contributed by atoms with Gasteiger partial charge in [0.1, 0.15) is 0 Å². The molecule has 0 radical (unpaired) electrons. The first-order valence-electron chi connectivity index (χ1n) is 6.70. The van der Waals surface area contributed by atoms with Crippen LogP contribution in [-0.4, -0.2) is 11.9 Å². The summed E-state index contributed by atoms with van der Waals surface area (Å²) in [5.74, 6) is -1.24. The van der Waals surface area contributed by atoms with Gasteiger partial charge in [-0.15, -0.1) is 0 Å². The van der Waals surface area contributed by atoms with E-state index in [1.165, 1.54) is 0 Å². The quantitative estimate of drug-likeness (QED) is 0.486. The average Bonchev–Trinajstić information content (AvgIpc) is 2.40. The second-order valence-electron chi connectivity index (χ2n) is 4.58. The van der Waals surface area contributed by atoms with Crippen molar-refractivity contribution in [2.75, 3.05) is 5.73 Å². The topological polar surface area (TPSA) is 69.4 Å². The minimum atomic E-state index is -0.611. The van der Waals surface area contributed by atoms with Crippen LogP contribution < -0.4 is 5.73 Å². The van der Waals surface area contributed by atoms with Crippen molar-refractivity contribution in [3.05, 3.63) is 29.8 Å². The molecule has 104 valence electrons. The summed E-state index contributed by atoms with van der Waals surface area (Å²) in [7, 11) is 0. The molecule has 0 aliphatic rings. The van der Waals surface area contributed by atoms with Gasteiger partial charge in [0, 0.05) is 5.69 Å². The van der Waals surface area contributed by atoms with Gasteiger partial charge in [-0.1, -0.05) is 26.7 Å². The number of esters is 2. The number of benzene rings is 1. The fraction of sp³-hybridized carbons (Fsp3) is 0.467. The van der Waals surface area contributed by atoms with Crippen LogP contribution in [0.1, 0.15) is 49.9 Å². The van der Waals surface area contributed by atoms with Crippen LogP contribution in [0.3, 0.4) is 0 Å². The maximum atomic E-state index is 11.9. The van der Waals surface area contributed by atoms with Gasteiger partial charge in [0.05, 0.1) is 11.5 Å². The Bertz CT molecular complexity index is 426. The molecule has 4 nitrogen and oxygen atoms in total. The van der Waals surface area contributed by atoms with E-state index in [4.69, 9.17) is 10.5 Å². The van der Waals surface area contributed by atoms with E-state index in [1.807, 2.05) is 6.92 Å². The van der Waals surface area contributed by atoms with E-state index in [0.717, 1.165) is 19.3 Å².